The minimum atomic E-state index is -0.581. The second-order valence-electron chi connectivity index (χ2n) is 5.77. The molecule has 0 radical (unpaired) electrons. The average Bonchev–Trinajstić information content (AvgIpc) is 2.91. The van der Waals surface area contributed by atoms with Crippen LogP contribution in [0.2, 0.25) is 5.02 Å². The maximum absolute atomic E-state index is 14.3. The van der Waals surface area contributed by atoms with Gasteiger partial charge in [-0.2, -0.15) is 0 Å². The van der Waals surface area contributed by atoms with Crippen LogP contribution in [-0.2, 0) is 0 Å². The monoisotopic (exact) mass is 431 g/mol. The van der Waals surface area contributed by atoms with Crippen molar-refractivity contribution in [2.45, 2.75) is 6.17 Å². The van der Waals surface area contributed by atoms with Crippen molar-refractivity contribution in [3.8, 4) is 0 Å². The number of rotatable bonds is 3. The minimum absolute atomic E-state index is 0.203. The van der Waals surface area contributed by atoms with Gasteiger partial charge in [-0.3, -0.25) is 9.69 Å². The van der Waals surface area contributed by atoms with E-state index >= 15 is 0 Å². The van der Waals surface area contributed by atoms with E-state index in [0.29, 0.717) is 26.6 Å². The summed E-state index contributed by atoms with van der Waals surface area (Å²) in [5, 5.41) is 3.60. The summed E-state index contributed by atoms with van der Waals surface area (Å²) in [5.41, 5.74) is 1.61. The highest BCUT2D eigenvalue weighted by molar-refractivity contribution is 9.10. The van der Waals surface area contributed by atoms with Crippen molar-refractivity contribution in [1.82, 2.24) is 4.98 Å². The number of halogens is 3. The zero-order valence-electron chi connectivity index (χ0n) is 13.3. The van der Waals surface area contributed by atoms with Gasteiger partial charge in [-0.25, -0.2) is 9.37 Å². The van der Waals surface area contributed by atoms with Crippen LogP contribution < -0.4 is 10.2 Å². The van der Waals surface area contributed by atoms with Crippen molar-refractivity contribution in [1.29, 1.82) is 0 Å². The Bertz CT molecular complexity index is 996. The zero-order valence-corrected chi connectivity index (χ0v) is 15.6. The number of benzene rings is 2. The van der Waals surface area contributed by atoms with Crippen LogP contribution >= 0.6 is 27.5 Å². The molecule has 1 aliphatic heterocycles. The van der Waals surface area contributed by atoms with Crippen LogP contribution in [-0.4, -0.2) is 10.9 Å². The van der Waals surface area contributed by atoms with Crippen molar-refractivity contribution in [3.05, 3.63) is 87.2 Å². The smallest absolute Gasteiger partial charge is 0.261 e. The van der Waals surface area contributed by atoms with Crippen LogP contribution in [0.5, 0.6) is 0 Å². The largest absolute Gasteiger partial charge is 0.359 e. The first-order valence-corrected chi connectivity index (χ1v) is 8.97. The molecular weight excluding hydrogens is 421 g/mol. The predicted molar refractivity (Wildman–Crippen MR) is 103 cm³/mol. The lowest BCUT2D eigenvalue weighted by Crippen LogP contribution is -2.33. The number of carbonyl (C=O) groups is 1. The quantitative estimate of drug-likeness (QED) is 0.602. The van der Waals surface area contributed by atoms with E-state index in [1.807, 2.05) is 12.1 Å². The summed E-state index contributed by atoms with van der Waals surface area (Å²) < 4.78 is 15.0. The Morgan fingerprint density at radius 1 is 1.15 bits per heavy atom. The Morgan fingerprint density at radius 2 is 1.96 bits per heavy atom. The van der Waals surface area contributed by atoms with Crippen molar-refractivity contribution in [3.63, 3.8) is 0 Å². The van der Waals surface area contributed by atoms with Crippen LogP contribution in [0, 0.1) is 5.82 Å². The van der Waals surface area contributed by atoms with Gasteiger partial charge in [-0.1, -0.05) is 45.7 Å². The number of fused-ring (bicyclic) bond motifs is 1. The van der Waals surface area contributed by atoms with E-state index in [4.69, 9.17) is 11.6 Å². The molecule has 0 saturated heterocycles. The Hall–Kier alpha value is -2.44. The molecule has 2 aromatic carbocycles. The van der Waals surface area contributed by atoms with Crippen LogP contribution in [0.1, 0.15) is 22.1 Å². The second kappa shape index (κ2) is 6.70. The summed E-state index contributed by atoms with van der Waals surface area (Å²) in [6, 6.07) is 15.3. The Labute approximate surface area is 162 Å². The number of nitrogens with zero attached hydrogens (tertiary/aromatic N) is 2. The molecule has 130 valence electrons. The van der Waals surface area contributed by atoms with Gasteiger partial charge in [-0.05, 0) is 36.4 Å². The van der Waals surface area contributed by atoms with Gasteiger partial charge >= 0.3 is 0 Å². The molecule has 0 aliphatic carbocycles. The third-order valence-electron chi connectivity index (χ3n) is 4.14. The summed E-state index contributed by atoms with van der Waals surface area (Å²) in [5.74, 6) is -0.184. The summed E-state index contributed by atoms with van der Waals surface area (Å²) in [7, 11) is 0. The molecule has 0 bridgehead atoms. The molecular formula is C19H12BrClFN3O. The lowest BCUT2D eigenvalue weighted by Gasteiger charge is -2.26. The predicted octanol–water partition coefficient (Wildman–Crippen LogP) is 5.41. The third-order valence-corrected chi connectivity index (χ3v) is 4.86. The fraction of sp³-hybridized carbons (Fsp3) is 0.0526. The first kappa shape index (κ1) is 17.0. The van der Waals surface area contributed by atoms with E-state index in [9.17, 15) is 9.18 Å². The molecule has 4 rings (SSSR count). The number of pyridine rings is 1. The molecule has 1 amide bonds. The van der Waals surface area contributed by atoms with Crippen molar-refractivity contribution in [2.75, 3.05) is 10.2 Å². The zero-order chi connectivity index (χ0) is 18.3. The first-order valence-electron chi connectivity index (χ1n) is 7.80. The molecule has 7 heteroatoms. The van der Waals surface area contributed by atoms with Gasteiger partial charge in [0.1, 0.15) is 17.8 Å². The maximum atomic E-state index is 14.3. The van der Waals surface area contributed by atoms with Gasteiger partial charge in [0, 0.05) is 21.8 Å². The summed E-state index contributed by atoms with van der Waals surface area (Å²) >= 11 is 9.15. The van der Waals surface area contributed by atoms with E-state index in [0.717, 1.165) is 5.56 Å². The summed E-state index contributed by atoms with van der Waals surface area (Å²) in [4.78, 5) is 18.7. The number of carbonyl (C=O) groups excluding carboxylic acids is 1. The molecule has 3 aromatic rings. The molecule has 4 nitrogen and oxygen atoms in total. The normalized spacial score (nSPS) is 15.9. The van der Waals surface area contributed by atoms with Gasteiger partial charge < -0.3 is 5.32 Å². The maximum Gasteiger partial charge on any atom is 0.261 e. The summed E-state index contributed by atoms with van der Waals surface area (Å²) in [6.07, 6.45) is 0.896. The molecule has 0 saturated carbocycles. The summed E-state index contributed by atoms with van der Waals surface area (Å²) in [6.45, 7) is 0. The fourth-order valence-electron chi connectivity index (χ4n) is 2.96. The van der Waals surface area contributed by atoms with E-state index in [1.54, 1.807) is 36.4 Å². The third kappa shape index (κ3) is 2.95. The number of hydrogen-bond acceptors (Lipinski definition) is 3. The number of nitrogens with one attached hydrogen (secondary N) is 1. The molecule has 1 unspecified atom stereocenters. The molecule has 1 aliphatic rings. The van der Waals surface area contributed by atoms with E-state index in [-0.39, 0.29) is 5.91 Å². The van der Waals surface area contributed by atoms with Crippen LogP contribution in [0.4, 0.5) is 15.9 Å². The highest BCUT2D eigenvalue weighted by Gasteiger charge is 2.38. The first-order chi connectivity index (χ1) is 12.5. The van der Waals surface area contributed by atoms with Crippen molar-refractivity contribution < 1.29 is 9.18 Å². The van der Waals surface area contributed by atoms with Crippen LogP contribution in [0.3, 0.4) is 0 Å². The van der Waals surface area contributed by atoms with Crippen LogP contribution in [0.25, 0.3) is 0 Å². The molecule has 26 heavy (non-hydrogen) atoms. The number of anilines is 2. The number of aromatic nitrogens is 1. The molecule has 1 atom stereocenters. The molecule has 1 N–H and O–H groups in total. The van der Waals surface area contributed by atoms with Crippen molar-refractivity contribution >= 4 is 44.9 Å². The fourth-order valence-corrected chi connectivity index (χ4v) is 3.40. The highest BCUT2D eigenvalue weighted by atomic mass is 79.9. The Kier molecular flexibility index (Phi) is 4.38. The Balaban J connectivity index is 1.79. The van der Waals surface area contributed by atoms with Crippen molar-refractivity contribution in [2.24, 2.45) is 0 Å². The molecule has 1 aromatic heterocycles. The lowest BCUT2D eigenvalue weighted by molar-refractivity contribution is 0.0992. The van der Waals surface area contributed by atoms with E-state index in [1.165, 1.54) is 17.2 Å². The second-order valence-corrected chi connectivity index (χ2v) is 7.12. The standard InChI is InChI=1S/C19H12BrClFN3O/c20-11-5-7-16(15(22)9-11)24-18-13-3-1-2-4-14(13)19(26)25(18)17-8-6-12(21)10-23-17/h1-10,18,24H. The van der Waals surface area contributed by atoms with Gasteiger partial charge in [-0.15, -0.1) is 0 Å². The topological polar surface area (TPSA) is 45.2 Å². The number of hydrogen-bond donors (Lipinski definition) is 1. The highest BCUT2D eigenvalue weighted by Crippen LogP contribution is 2.38. The number of amides is 1. The van der Waals surface area contributed by atoms with Gasteiger partial charge in [0.2, 0.25) is 0 Å². The van der Waals surface area contributed by atoms with Crippen LogP contribution in [0.15, 0.2) is 65.3 Å². The average molecular weight is 433 g/mol. The van der Waals surface area contributed by atoms with Gasteiger partial charge in [0.15, 0.2) is 0 Å². The molecule has 0 fully saturated rings. The minimum Gasteiger partial charge on any atom is -0.359 e. The van der Waals surface area contributed by atoms with E-state index < -0.39 is 12.0 Å². The molecule has 2 heterocycles. The van der Waals surface area contributed by atoms with E-state index in [2.05, 4.69) is 26.2 Å². The Morgan fingerprint density at radius 3 is 2.69 bits per heavy atom. The van der Waals surface area contributed by atoms with Gasteiger partial charge in [0.05, 0.1) is 10.7 Å². The SMILES string of the molecule is O=C1c2ccccc2C(Nc2ccc(Br)cc2F)N1c1ccc(Cl)cn1. The van der Waals surface area contributed by atoms with Gasteiger partial charge in [0.25, 0.3) is 5.91 Å². The lowest BCUT2D eigenvalue weighted by atomic mass is 10.1. The molecule has 0 spiro atoms.